The SMILES string of the molecule is c1ccc(-c2ccc(N(c3ccc(-c4cccc5c4sc4cc6ccccc6cc45)cc3)c3ccc4c(c3)c3ccccc3n4-c3ccccc3)cc2)cc1. The number of aromatic nitrogens is 1. The van der Waals surface area contributed by atoms with Gasteiger partial charge in [0.15, 0.2) is 0 Å². The fraction of sp³-hybridized carbons (Fsp3) is 0. The Morgan fingerprint density at radius 1 is 0.364 bits per heavy atom. The molecule has 0 amide bonds. The zero-order chi connectivity index (χ0) is 36.3. The molecule has 0 saturated heterocycles. The standard InChI is InChI=1S/C52H34N2S/c1-3-12-35(13-4-1)36-22-26-41(27-23-36)53(43-30-31-50-47(34-43)45-18-9-10-21-49(45)54(50)40-16-5-2-6-17-40)42-28-24-37(25-29-42)44-19-11-20-46-48-32-38-14-7-8-15-39(38)33-51(48)55-52(44)46/h1-34H. The van der Waals surface area contributed by atoms with Crippen LogP contribution in [-0.4, -0.2) is 4.57 Å². The summed E-state index contributed by atoms with van der Waals surface area (Å²) in [5.41, 5.74) is 11.8. The van der Waals surface area contributed by atoms with E-state index in [2.05, 4.69) is 216 Å². The summed E-state index contributed by atoms with van der Waals surface area (Å²) < 4.78 is 5.03. The molecule has 0 fully saturated rings. The predicted molar refractivity (Wildman–Crippen MR) is 237 cm³/mol. The average molecular weight is 719 g/mol. The second-order valence-corrected chi connectivity index (χ2v) is 15.2. The first kappa shape index (κ1) is 31.6. The third-order valence-electron chi connectivity index (χ3n) is 11.0. The minimum atomic E-state index is 1.11. The van der Waals surface area contributed by atoms with Crippen LogP contribution < -0.4 is 4.90 Å². The van der Waals surface area contributed by atoms with Crippen LogP contribution in [0.4, 0.5) is 17.1 Å². The number of hydrogen-bond acceptors (Lipinski definition) is 2. The van der Waals surface area contributed by atoms with Gasteiger partial charge >= 0.3 is 0 Å². The molecule has 2 nitrogen and oxygen atoms in total. The summed E-state index contributed by atoms with van der Waals surface area (Å²) in [5, 5.41) is 7.67. The Kier molecular flexibility index (Phi) is 7.39. The van der Waals surface area contributed by atoms with Gasteiger partial charge in [-0.3, -0.25) is 0 Å². The Balaban J connectivity index is 1.05. The molecule has 9 aromatic carbocycles. The Morgan fingerprint density at radius 3 is 1.71 bits per heavy atom. The lowest BCUT2D eigenvalue weighted by atomic mass is 10.0. The molecule has 0 atom stereocenters. The summed E-state index contributed by atoms with van der Waals surface area (Å²) in [6.45, 7) is 0. The van der Waals surface area contributed by atoms with Crippen LogP contribution in [0.3, 0.4) is 0 Å². The monoisotopic (exact) mass is 718 g/mol. The van der Waals surface area contributed by atoms with E-state index >= 15 is 0 Å². The molecule has 2 heterocycles. The Labute approximate surface area is 323 Å². The number of rotatable bonds is 6. The van der Waals surface area contributed by atoms with Crippen LogP contribution in [-0.2, 0) is 0 Å². The lowest BCUT2D eigenvalue weighted by Gasteiger charge is -2.26. The van der Waals surface area contributed by atoms with E-state index in [9.17, 15) is 0 Å². The van der Waals surface area contributed by atoms with E-state index < -0.39 is 0 Å². The molecule has 3 heteroatoms. The smallest absolute Gasteiger partial charge is 0.0542 e. The Bertz CT molecular complexity index is 3180. The predicted octanol–water partition coefficient (Wildman–Crippen LogP) is 15.1. The molecule has 0 radical (unpaired) electrons. The van der Waals surface area contributed by atoms with Crippen molar-refractivity contribution < 1.29 is 0 Å². The summed E-state index contributed by atoms with van der Waals surface area (Å²) in [6, 6.07) is 75.1. The normalized spacial score (nSPS) is 11.6. The highest BCUT2D eigenvalue weighted by Crippen LogP contribution is 2.44. The maximum atomic E-state index is 2.39. The van der Waals surface area contributed by atoms with Gasteiger partial charge in [0.2, 0.25) is 0 Å². The molecule has 0 N–H and O–H groups in total. The second-order valence-electron chi connectivity index (χ2n) is 14.2. The number of thiophene rings is 1. The van der Waals surface area contributed by atoms with Crippen LogP contribution >= 0.6 is 11.3 Å². The molecule has 0 saturated carbocycles. The van der Waals surface area contributed by atoms with Gasteiger partial charge in [-0.05, 0) is 106 Å². The van der Waals surface area contributed by atoms with Gasteiger partial charge in [-0.15, -0.1) is 11.3 Å². The fourth-order valence-electron chi connectivity index (χ4n) is 8.34. The van der Waals surface area contributed by atoms with E-state index in [0.29, 0.717) is 0 Å². The van der Waals surface area contributed by atoms with Gasteiger partial charge in [0.1, 0.15) is 0 Å². The summed E-state index contributed by atoms with van der Waals surface area (Å²) in [4.78, 5) is 2.39. The van der Waals surface area contributed by atoms with Crippen LogP contribution in [0.5, 0.6) is 0 Å². The van der Waals surface area contributed by atoms with Gasteiger partial charge in [0, 0.05) is 53.7 Å². The molecule has 11 rings (SSSR count). The van der Waals surface area contributed by atoms with Gasteiger partial charge in [0.25, 0.3) is 0 Å². The van der Waals surface area contributed by atoms with Crippen LogP contribution in [0.25, 0.3) is 80.7 Å². The number of anilines is 3. The molecule has 258 valence electrons. The number of benzene rings is 9. The molecule has 0 aliphatic carbocycles. The lowest BCUT2D eigenvalue weighted by molar-refractivity contribution is 1.18. The fourth-order valence-corrected chi connectivity index (χ4v) is 9.61. The summed E-state index contributed by atoms with van der Waals surface area (Å²) in [6.07, 6.45) is 0. The summed E-state index contributed by atoms with van der Waals surface area (Å²) in [5.74, 6) is 0. The van der Waals surface area contributed by atoms with Crippen LogP contribution in [0.15, 0.2) is 206 Å². The van der Waals surface area contributed by atoms with E-state index in [4.69, 9.17) is 0 Å². The Hall–Kier alpha value is -6.94. The zero-order valence-electron chi connectivity index (χ0n) is 29.9. The quantitative estimate of drug-likeness (QED) is 0.166. The van der Waals surface area contributed by atoms with Gasteiger partial charge < -0.3 is 9.47 Å². The molecule has 55 heavy (non-hydrogen) atoms. The molecular formula is C52H34N2S. The van der Waals surface area contributed by atoms with Crippen molar-refractivity contribution in [2.45, 2.75) is 0 Å². The van der Waals surface area contributed by atoms with Crippen molar-refractivity contribution >= 4 is 81.1 Å². The summed E-state index contributed by atoms with van der Waals surface area (Å²) >= 11 is 1.89. The minimum Gasteiger partial charge on any atom is -0.310 e. The van der Waals surface area contributed by atoms with Crippen LogP contribution in [0, 0.1) is 0 Å². The highest BCUT2D eigenvalue weighted by molar-refractivity contribution is 7.26. The zero-order valence-corrected chi connectivity index (χ0v) is 30.7. The largest absolute Gasteiger partial charge is 0.310 e. The average Bonchev–Trinajstić information content (AvgIpc) is 3.79. The lowest BCUT2D eigenvalue weighted by Crippen LogP contribution is -2.10. The first-order chi connectivity index (χ1) is 27.3. The van der Waals surface area contributed by atoms with Crippen molar-refractivity contribution in [3.8, 4) is 27.9 Å². The van der Waals surface area contributed by atoms with Crippen molar-refractivity contribution in [1.82, 2.24) is 4.57 Å². The van der Waals surface area contributed by atoms with Gasteiger partial charge in [0.05, 0.1) is 11.0 Å². The number of hydrogen-bond donors (Lipinski definition) is 0. The molecule has 0 aliphatic heterocycles. The first-order valence-electron chi connectivity index (χ1n) is 18.8. The molecule has 0 spiro atoms. The highest BCUT2D eigenvalue weighted by Gasteiger charge is 2.18. The van der Waals surface area contributed by atoms with E-state index in [-0.39, 0.29) is 0 Å². The Morgan fingerprint density at radius 2 is 0.945 bits per heavy atom. The third kappa shape index (κ3) is 5.32. The van der Waals surface area contributed by atoms with Gasteiger partial charge in [-0.25, -0.2) is 0 Å². The van der Waals surface area contributed by atoms with Crippen molar-refractivity contribution in [3.63, 3.8) is 0 Å². The first-order valence-corrected chi connectivity index (χ1v) is 19.6. The molecule has 0 unspecified atom stereocenters. The van der Waals surface area contributed by atoms with E-state index in [1.165, 1.54) is 75.0 Å². The van der Waals surface area contributed by atoms with E-state index in [0.717, 1.165) is 22.7 Å². The van der Waals surface area contributed by atoms with Gasteiger partial charge in [-0.1, -0.05) is 133 Å². The number of nitrogens with zero attached hydrogens (tertiary/aromatic N) is 2. The van der Waals surface area contributed by atoms with Crippen LogP contribution in [0.2, 0.25) is 0 Å². The maximum Gasteiger partial charge on any atom is 0.0542 e. The second kappa shape index (κ2) is 12.9. The number of para-hydroxylation sites is 2. The van der Waals surface area contributed by atoms with Gasteiger partial charge in [-0.2, -0.15) is 0 Å². The summed E-state index contributed by atoms with van der Waals surface area (Å²) in [7, 11) is 0. The molecule has 11 aromatic rings. The molecule has 0 aliphatic rings. The van der Waals surface area contributed by atoms with Crippen molar-refractivity contribution in [2.24, 2.45) is 0 Å². The van der Waals surface area contributed by atoms with Crippen LogP contribution in [0.1, 0.15) is 0 Å². The van der Waals surface area contributed by atoms with Crippen molar-refractivity contribution in [1.29, 1.82) is 0 Å². The number of fused-ring (bicyclic) bond motifs is 7. The van der Waals surface area contributed by atoms with E-state index in [1.807, 2.05) is 11.3 Å². The molecule has 0 bridgehead atoms. The third-order valence-corrected chi connectivity index (χ3v) is 12.2. The topological polar surface area (TPSA) is 8.17 Å². The van der Waals surface area contributed by atoms with Crippen molar-refractivity contribution in [2.75, 3.05) is 4.90 Å². The highest BCUT2D eigenvalue weighted by atomic mass is 32.1. The maximum absolute atomic E-state index is 2.39. The van der Waals surface area contributed by atoms with Crippen molar-refractivity contribution in [3.05, 3.63) is 206 Å². The van der Waals surface area contributed by atoms with E-state index in [1.54, 1.807) is 0 Å². The molecular weight excluding hydrogens is 685 g/mol. The minimum absolute atomic E-state index is 1.11. The molecule has 2 aromatic heterocycles.